The molecule has 1 unspecified atom stereocenters. The van der Waals surface area contributed by atoms with Crippen LogP contribution in [0.1, 0.15) is 17.6 Å². The maximum absolute atomic E-state index is 9.24. The van der Waals surface area contributed by atoms with Gasteiger partial charge in [0, 0.05) is 22.5 Å². The van der Waals surface area contributed by atoms with E-state index >= 15 is 0 Å². The fourth-order valence-electron chi connectivity index (χ4n) is 0.791. The number of hydrogen-bond acceptors (Lipinski definition) is 4. The van der Waals surface area contributed by atoms with E-state index in [0.717, 1.165) is 0 Å². The number of nitrogens with zero attached hydrogens (tertiary/aromatic N) is 1. The van der Waals surface area contributed by atoms with Crippen LogP contribution in [0.4, 0.5) is 0 Å². The van der Waals surface area contributed by atoms with Crippen molar-refractivity contribution >= 4 is 15.9 Å². The van der Waals surface area contributed by atoms with Crippen molar-refractivity contribution in [1.29, 1.82) is 0 Å². The Morgan fingerprint density at radius 3 is 2.82 bits per heavy atom. The lowest BCUT2D eigenvalue weighted by atomic mass is 10.2. The van der Waals surface area contributed by atoms with Gasteiger partial charge in [-0.05, 0) is 6.92 Å². The van der Waals surface area contributed by atoms with E-state index in [0.29, 0.717) is 16.3 Å². The van der Waals surface area contributed by atoms with Crippen LogP contribution in [0.5, 0.6) is 0 Å². The molecular weight excluding hydrogens is 212 g/mol. The predicted octanol–water partition coefficient (Wildman–Crippen LogP) is 0.738. The maximum Gasteiger partial charge on any atom is 0.264 e. The van der Waals surface area contributed by atoms with Crippen molar-refractivity contribution in [3.63, 3.8) is 0 Å². The number of aryl methyl sites for hydroxylation is 1. The number of nitrogens with two attached hydrogens (primary N) is 1. The first kappa shape index (κ1) is 8.70. The van der Waals surface area contributed by atoms with E-state index in [1.807, 2.05) is 0 Å². The molecule has 1 heterocycles. The molecule has 1 atom stereocenters. The Morgan fingerprint density at radius 2 is 2.45 bits per heavy atom. The van der Waals surface area contributed by atoms with E-state index in [1.54, 1.807) is 6.92 Å². The highest BCUT2D eigenvalue weighted by Gasteiger charge is 2.14. The molecule has 0 saturated carbocycles. The Morgan fingerprint density at radius 1 is 1.82 bits per heavy atom. The first-order chi connectivity index (χ1) is 5.15. The fourth-order valence-corrected chi connectivity index (χ4v) is 1.23. The first-order valence-electron chi connectivity index (χ1n) is 3.16. The Kier molecular flexibility index (Phi) is 2.64. The summed E-state index contributed by atoms with van der Waals surface area (Å²) in [6.07, 6.45) is -0.756. The van der Waals surface area contributed by atoms with Crippen molar-refractivity contribution in [2.75, 3.05) is 6.54 Å². The average molecular weight is 221 g/mol. The molecule has 3 N–H and O–H groups in total. The van der Waals surface area contributed by atoms with Crippen LogP contribution in [0.3, 0.4) is 0 Å². The summed E-state index contributed by atoms with van der Waals surface area (Å²) in [5.74, 6) is 0.430. The van der Waals surface area contributed by atoms with Crippen molar-refractivity contribution in [1.82, 2.24) is 4.98 Å². The molecule has 0 radical (unpaired) electrons. The summed E-state index contributed by atoms with van der Waals surface area (Å²) in [6.45, 7) is 1.89. The number of hydrogen-bond donors (Lipinski definition) is 2. The van der Waals surface area contributed by atoms with Crippen molar-refractivity contribution < 1.29 is 9.52 Å². The predicted molar refractivity (Wildman–Crippen MR) is 43.0 cm³/mol. The largest absolute Gasteiger partial charge is 0.433 e. The summed E-state index contributed by atoms with van der Waals surface area (Å²) < 4.78 is 5.04. The fraction of sp³-hybridized carbons (Fsp3) is 0.500. The summed E-state index contributed by atoms with van der Waals surface area (Å²) in [7, 11) is 0. The Hall–Kier alpha value is -0.390. The van der Waals surface area contributed by atoms with Crippen molar-refractivity contribution in [2.45, 2.75) is 13.0 Å². The molecule has 4 nitrogen and oxygen atoms in total. The molecule has 0 aromatic carbocycles. The lowest BCUT2D eigenvalue weighted by Gasteiger charge is -2.02. The van der Waals surface area contributed by atoms with E-state index < -0.39 is 6.10 Å². The van der Waals surface area contributed by atoms with Gasteiger partial charge in [-0.1, -0.05) is 0 Å². The number of rotatable bonds is 2. The standard InChI is InChI=1S/C6H9BrN2O2/c1-3-5(4(10)2-8)11-6(7)9-3/h4,10H,2,8H2,1H3. The van der Waals surface area contributed by atoms with Gasteiger partial charge in [-0.2, -0.15) is 0 Å². The molecule has 11 heavy (non-hydrogen) atoms. The van der Waals surface area contributed by atoms with Crippen molar-refractivity contribution in [3.8, 4) is 0 Å². The Labute approximate surface area is 72.5 Å². The normalized spacial score (nSPS) is 13.5. The zero-order chi connectivity index (χ0) is 8.43. The highest BCUT2D eigenvalue weighted by atomic mass is 79.9. The van der Waals surface area contributed by atoms with Crippen LogP contribution in [-0.4, -0.2) is 16.6 Å². The number of aliphatic hydroxyl groups excluding tert-OH is 1. The van der Waals surface area contributed by atoms with Gasteiger partial charge >= 0.3 is 0 Å². The third kappa shape index (κ3) is 1.79. The van der Waals surface area contributed by atoms with Gasteiger partial charge in [-0.15, -0.1) is 0 Å². The van der Waals surface area contributed by atoms with Gasteiger partial charge in [0.2, 0.25) is 0 Å². The topological polar surface area (TPSA) is 72.3 Å². The van der Waals surface area contributed by atoms with Crippen LogP contribution in [0.2, 0.25) is 0 Å². The number of aromatic nitrogens is 1. The lowest BCUT2D eigenvalue weighted by Crippen LogP contribution is -2.11. The number of oxazole rings is 1. The molecule has 0 aliphatic carbocycles. The monoisotopic (exact) mass is 220 g/mol. The van der Waals surface area contributed by atoms with Gasteiger partial charge in [-0.25, -0.2) is 4.98 Å². The second kappa shape index (κ2) is 3.34. The molecule has 62 valence electrons. The van der Waals surface area contributed by atoms with Gasteiger partial charge in [0.15, 0.2) is 5.76 Å². The molecule has 0 aliphatic heterocycles. The van der Waals surface area contributed by atoms with Gasteiger partial charge < -0.3 is 15.3 Å². The quantitative estimate of drug-likeness (QED) is 0.772. The number of aliphatic hydroxyl groups is 1. The Balaban J connectivity index is 2.93. The minimum atomic E-state index is -0.756. The van der Waals surface area contributed by atoms with Crippen LogP contribution in [0.15, 0.2) is 9.22 Å². The summed E-state index contributed by atoms with van der Waals surface area (Å²) in [5.41, 5.74) is 5.89. The van der Waals surface area contributed by atoms with Gasteiger partial charge in [-0.3, -0.25) is 0 Å². The minimum absolute atomic E-state index is 0.141. The van der Waals surface area contributed by atoms with E-state index in [1.165, 1.54) is 0 Å². The van der Waals surface area contributed by atoms with Crippen LogP contribution in [0.25, 0.3) is 0 Å². The molecule has 0 bridgehead atoms. The molecule has 1 aromatic heterocycles. The van der Waals surface area contributed by atoms with E-state index in [9.17, 15) is 5.11 Å². The molecule has 0 amide bonds. The highest BCUT2D eigenvalue weighted by molar-refractivity contribution is 9.10. The van der Waals surface area contributed by atoms with Gasteiger partial charge in [0.1, 0.15) is 6.10 Å². The highest BCUT2D eigenvalue weighted by Crippen LogP contribution is 2.20. The van der Waals surface area contributed by atoms with Crippen LogP contribution < -0.4 is 5.73 Å². The number of halogens is 1. The summed E-state index contributed by atoms with van der Waals surface area (Å²) >= 11 is 3.05. The van der Waals surface area contributed by atoms with Crippen molar-refractivity contribution in [2.24, 2.45) is 5.73 Å². The zero-order valence-electron chi connectivity index (χ0n) is 6.04. The van der Waals surface area contributed by atoms with Crippen LogP contribution >= 0.6 is 15.9 Å². The lowest BCUT2D eigenvalue weighted by molar-refractivity contribution is 0.155. The Bertz CT molecular complexity index is 249. The molecule has 0 saturated heterocycles. The maximum atomic E-state index is 9.24. The second-order valence-electron chi connectivity index (χ2n) is 2.17. The van der Waals surface area contributed by atoms with E-state index in [2.05, 4.69) is 20.9 Å². The molecule has 0 spiro atoms. The zero-order valence-corrected chi connectivity index (χ0v) is 7.63. The summed E-state index contributed by atoms with van der Waals surface area (Å²) in [5, 5.41) is 9.24. The van der Waals surface area contributed by atoms with E-state index in [-0.39, 0.29) is 6.54 Å². The third-order valence-electron chi connectivity index (χ3n) is 1.33. The molecule has 5 heteroatoms. The minimum Gasteiger partial charge on any atom is -0.433 e. The molecular formula is C6H9BrN2O2. The third-order valence-corrected chi connectivity index (χ3v) is 1.67. The van der Waals surface area contributed by atoms with Gasteiger partial charge in [0.05, 0.1) is 5.69 Å². The smallest absolute Gasteiger partial charge is 0.264 e. The van der Waals surface area contributed by atoms with Crippen molar-refractivity contribution in [3.05, 3.63) is 16.3 Å². The SMILES string of the molecule is Cc1nc(Br)oc1C(O)CN. The molecule has 0 fully saturated rings. The second-order valence-corrected chi connectivity index (χ2v) is 2.85. The molecule has 0 aliphatic rings. The van der Waals surface area contributed by atoms with Gasteiger partial charge in [0.25, 0.3) is 4.80 Å². The van der Waals surface area contributed by atoms with Crippen LogP contribution in [-0.2, 0) is 0 Å². The van der Waals surface area contributed by atoms with Crippen LogP contribution in [0, 0.1) is 6.92 Å². The molecule has 1 rings (SSSR count). The first-order valence-corrected chi connectivity index (χ1v) is 3.95. The van der Waals surface area contributed by atoms with E-state index in [4.69, 9.17) is 10.2 Å². The summed E-state index contributed by atoms with van der Waals surface area (Å²) in [6, 6.07) is 0. The summed E-state index contributed by atoms with van der Waals surface area (Å²) in [4.78, 5) is 4.29. The average Bonchev–Trinajstić information content (AvgIpc) is 2.28. The molecule has 1 aromatic rings.